The standard InChI is InChI=1S/C12H21N/c1-8-6-11(13(4)5)10-7-9(8)12(10,2)3/h6,9-11H,7H2,1-5H3. The van der Waals surface area contributed by atoms with Crippen LogP contribution in [-0.2, 0) is 0 Å². The van der Waals surface area contributed by atoms with Gasteiger partial charge in [0.05, 0.1) is 0 Å². The second kappa shape index (κ2) is 2.60. The maximum Gasteiger partial charge on any atom is 0.0308 e. The summed E-state index contributed by atoms with van der Waals surface area (Å²) in [5.41, 5.74) is 2.17. The number of fused-ring (bicyclic) bond motifs is 1. The summed E-state index contributed by atoms with van der Waals surface area (Å²) in [6.45, 7) is 7.16. The van der Waals surface area contributed by atoms with Crippen LogP contribution >= 0.6 is 0 Å². The summed E-state index contributed by atoms with van der Waals surface area (Å²) in [4.78, 5) is 2.37. The van der Waals surface area contributed by atoms with E-state index in [9.17, 15) is 0 Å². The van der Waals surface area contributed by atoms with Crippen molar-refractivity contribution in [3.63, 3.8) is 0 Å². The minimum absolute atomic E-state index is 0.549. The molecule has 2 bridgehead atoms. The normalized spacial score (nSPS) is 41.4. The smallest absolute Gasteiger partial charge is 0.0308 e. The van der Waals surface area contributed by atoms with Crippen molar-refractivity contribution in [3.8, 4) is 0 Å². The van der Waals surface area contributed by atoms with Crippen molar-refractivity contribution in [3.05, 3.63) is 11.6 Å². The molecule has 0 spiro atoms. The van der Waals surface area contributed by atoms with E-state index in [0.29, 0.717) is 11.5 Å². The highest BCUT2D eigenvalue weighted by molar-refractivity contribution is 5.26. The van der Waals surface area contributed by atoms with Crippen LogP contribution in [0, 0.1) is 17.3 Å². The maximum atomic E-state index is 2.48. The van der Waals surface area contributed by atoms with Crippen LogP contribution in [0.4, 0.5) is 0 Å². The Morgan fingerprint density at radius 3 is 2.38 bits per heavy atom. The summed E-state index contributed by atoms with van der Waals surface area (Å²) in [5.74, 6) is 1.75. The number of rotatable bonds is 1. The summed E-state index contributed by atoms with van der Waals surface area (Å²) in [6.07, 6.45) is 3.89. The predicted octanol–water partition coefficient (Wildman–Crippen LogP) is 2.54. The molecule has 0 aromatic heterocycles. The number of hydrogen-bond donors (Lipinski definition) is 0. The molecular formula is C12H21N. The van der Waals surface area contributed by atoms with Gasteiger partial charge in [0.15, 0.2) is 0 Å². The van der Waals surface area contributed by atoms with Gasteiger partial charge in [0, 0.05) is 6.04 Å². The highest BCUT2D eigenvalue weighted by Crippen LogP contribution is 2.59. The Morgan fingerprint density at radius 1 is 1.38 bits per heavy atom. The zero-order chi connectivity index (χ0) is 9.80. The maximum absolute atomic E-state index is 2.48. The molecule has 0 heterocycles. The molecule has 3 aliphatic rings. The largest absolute Gasteiger partial charge is 0.303 e. The third-order valence-corrected chi connectivity index (χ3v) is 4.34. The lowest BCUT2D eigenvalue weighted by Crippen LogP contribution is -2.57. The van der Waals surface area contributed by atoms with E-state index in [-0.39, 0.29) is 0 Å². The van der Waals surface area contributed by atoms with Gasteiger partial charge in [0.2, 0.25) is 0 Å². The molecule has 0 radical (unpaired) electrons. The Kier molecular flexibility index (Phi) is 1.85. The van der Waals surface area contributed by atoms with E-state index in [1.165, 1.54) is 6.42 Å². The van der Waals surface area contributed by atoms with Gasteiger partial charge in [-0.15, -0.1) is 0 Å². The first-order valence-corrected chi connectivity index (χ1v) is 5.29. The Labute approximate surface area is 81.8 Å². The Morgan fingerprint density at radius 2 is 2.00 bits per heavy atom. The fourth-order valence-corrected chi connectivity index (χ4v) is 3.32. The van der Waals surface area contributed by atoms with Crippen LogP contribution in [0.2, 0.25) is 0 Å². The first kappa shape index (κ1) is 9.26. The molecule has 3 unspecified atom stereocenters. The van der Waals surface area contributed by atoms with E-state index < -0.39 is 0 Å². The zero-order valence-electron chi connectivity index (χ0n) is 9.46. The monoisotopic (exact) mass is 179 g/mol. The number of likely N-dealkylation sites (N-methyl/N-ethyl adjacent to an activating group) is 1. The molecule has 0 aliphatic heterocycles. The molecule has 1 heteroatoms. The van der Waals surface area contributed by atoms with E-state index in [0.717, 1.165) is 11.8 Å². The van der Waals surface area contributed by atoms with Gasteiger partial charge in [0.1, 0.15) is 0 Å². The van der Waals surface area contributed by atoms with Crippen molar-refractivity contribution in [2.75, 3.05) is 14.1 Å². The molecule has 3 aliphatic carbocycles. The van der Waals surface area contributed by atoms with Gasteiger partial charge in [-0.25, -0.2) is 0 Å². The second-order valence-corrected chi connectivity index (χ2v) is 5.58. The lowest BCUT2D eigenvalue weighted by molar-refractivity contribution is -0.0478. The molecule has 0 amide bonds. The molecule has 1 fully saturated rings. The molecule has 13 heavy (non-hydrogen) atoms. The number of nitrogens with zero attached hydrogens (tertiary/aromatic N) is 1. The Hall–Kier alpha value is -0.300. The van der Waals surface area contributed by atoms with Crippen molar-refractivity contribution < 1.29 is 0 Å². The van der Waals surface area contributed by atoms with Crippen molar-refractivity contribution in [2.24, 2.45) is 17.3 Å². The topological polar surface area (TPSA) is 3.24 Å². The van der Waals surface area contributed by atoms with Gasteiger partial charge >= 0.3 is 0 Å². The van der Waals surface area contributed by atoms with Crippen LogP contribution in [0.5, 0.6) is 0 Å². The molecule has 1 saturated carbocycles. The minimum Gasteiger partial charge on any atom is -0.303 e. The SMILES string of the molecule is CC1=CC(N(C)C)C2CC1C2(C)C. The predicted molar refractivity (Wildman–Crippen MR) is 56.6 cm³/mol. The first-order valence-electron chi connectivity index (χ1n) is 5.29. The Balaban J connectivity index is 2.30. The van der Waals surface area contributed by atoms with E-state index >= 15 is 0 Å². The first-order chi connectivity index (χ1) is 5.94. The lowest BCUT2D eigenvalue weighted by Gasteiger charge is -2.60. The average molecular weight is 179 g/mol. The van der Waals surface area contributed by atoms with Gasteiger partial charge < -0.3 is 4.90 Å². The van der Waals surface area contributed by atoms with E-state index in [2.05, 4.69) is 45.8 Å². The molecule has 0 N–H and O–H groups in total. The van der Waals surface area contributed by atoms with E-state index in [1.54, 1.807) is 5.57 Å². The third kappa shape index (κ3) is 1.10. The lowest BCUT2D eigenvalue weighted by atomic mass is 9.47. The zero-order valence-corrected chi connectivity index (χ0v) is 9.46. The number of hydrogen-bond acceptors (Lipinski definition) is 1. The van der Waals surface area contributed by atoms with Gasteiger partial charge in [-0.2, -0.15) is 0 Å². The van der Waals surface area contributed by atoms with Crippen molar-refractivity contribution in [1.29, 1.82) is 0 Å². The summed E-state index contributed by atoms with van der Waals surface area (Å²) in [5, 5.41) is 0. The second-order valence-electron chi connectivity index (χ2n) is 5.58. The van der Waals surface area contributed by atoms with Crippen LogP contribution in [0.15, 0.2) is 11.6 Å². The van der Waals surface area contributed by atoms with Crippen LogP contribution in [0.1, 0.15) is 27.2 Å². The molecule has 74 valence electrons. The number of allylic oxidation sites excluding steroid dienone is 1. The van der Waals surface area contributed by atoms with Gasteiger partial charge in [-0.1, -0.05) is 25.5 Å². The molecule has 0 aromatic rings. The fraction of sp³-hybridized carbons (Fsp3) is 0.833. The molecule has 0 aromatic carbocycles. The summed E-state index contributed by atoms with van der Waals surface area (Å²) in [6, 6.07) is 0.681. The highest BCUT2D eigenvalue weighted by atomic mass is 15.1. The molecule has 0 saturated heterocycles. The highest BCUT2D eigenvalue weighted by Gasteiger charge is 2.54. The molecular weight excluding hydrogens is 158 g/mol. The van der Waals surface area contributed by atoms with Crippen LogP contribution < -0.4 is 0 Å². The van der Waals surface area contributed by atoms with Crippen LogP contribution in [0.3, 0.4) is 0 Å². The summed E-state index contributed by atoms with van der Waals surface area (Å²) in [7, 11) is 4.40. The van der Waals surface area contributed by atoms with E-state index in [1.807, 2.05) is 0 Å². The van der Waals surface area contributed by atoms with Gasteiger partial charge in [-0.3, -0.25) is 0 Å². The summed E-state index contributed by atoms with van der Waals surface area (Å²) >= 11 is 0. The van der Waals surface area contributed by atoms with Crippen molar-refractivity contribution in [1.82, 2.24) is 4.90 Å². The average Bonchev–Trinajstić information content (AvgIpc) is 2.02. The Bertz CT molecular complexity index is 250. The van der Waals surface area contributed by atoms with Crippen LogP contribution in [0.25, 0.3) is 0 Å². The van der Waals surface area contributed by atoms with Gasteiger partial charge in [0.25, 0.3) is 0 Å². The van der Waals surface area contributed by atoms with Gasteiger partial charge in [-0.05, 0) is 44.7 Å². The quantitative estimate of drug-likeness (QED) is 0.559. The minimum atomic E-state index is 0.549. The molecule has 3 rings (SSSR count). The fourth-order valence-electron chi connectivity index (χ4n) is 3.32. The van der Waals surface area contributed by atoms with Crippen molar-refractivity contribution in [2.45, 2.75) is 33.2 Å². The molecule has 1 nitrogen and oxygen atoms in total. The third-order valence-electron chi connectivity index (χ3n) is 4.34. The van der Waals surface area contributed by atoms with Crippen molar-refractivity contribution >= 4 is 0 Å². The molecule has 3 atom stereocenters. The van der Waals surface area contributed by atoms with E-state index in [4.69, 9.17) is 0 Å². The summed E-state index contributed by atoms with van der Waals surface area (Å²) < 4.78 is 0. The van der Waals surface area contributed by atoms with Crippen LogP contribution in [-0.4, -0.2) is 25.0 Å².